The van der Waals surface area contributed by atoms with Crippen LogP contribution < -0.4 is 0 Å². The van der Waals surface area contributed by atoms with Crippen molar-refractivity contribution in [2.75, 3.05) is 0 Å². The maximum atomic E-state index is 11.8. The molecule has 106 valence electrons. The molecule has 1 atom stereocenters. The SMILES string of the molecule is C=C(C(C)=O)[C@@H](c1cccc(Cl)c1Cl)n1cccc1C#N. The first-order chi connectivity index (χ1) is 9.97. The zero-order valence-electron chi connectivity index (χ0n) is 11.3. The Morgan fingerprint density at radius 3 is 2.67 bits per heavy atom. The van der Waals surface area contributed by atoms with Crippen LogP contribution in [0.1, 0.15) is 24.2 Å². The second kappa shape index (κ2) is 6.17. The molecule has 0 aliphatic rings. The number of carbonyl (C=O) groups excluding carboxylic acids is 1. The third kappa shape index (κ3) is 2.87. The molecule has 0 spiro atoms. The standard InChI is InChI=1S/C16H12Cl2N2O/c1-10(11(2)21)16(20-8-4-5-12(20)9-19)13-6-3-7-14(17)15(13)18/h3-8,16H,1H2,2H3/t16-/m0/s1. The molecule has 3 nitrogen and oxygen atoms in total. The molecule has 1 aromatic carbocycles. The summed E-state index contributed by atoms with van der Waals surface area (Å²) in [6.07, 6.45) is 1.72. The van der Waals surface area contributed by atoms with Crippen molar-refractivity contribution in [1.29, 1.82) is 5.26 Å². The van der Waals surface area contributed by atoms with Gasteiger partial charge in [-0.3, -0.25) is 4.79 Å². The molecular formula is C16H12Cl2N2O. The smallest absolute Gasteiger partial charge is 0.157 e. The highest BCUT2D eigenvalue weighted by molar-refractivity contribution is 6.42. The van der Waals surface area contributed by atoms with Gasteiger partial charge in [0.15, 0.2) is 5.78 Å². The zero-order valence-corrected chi connectivity index (χ0v) is 12.8. The van der Waals surface area contributed by atoms with Gasteiger partial charge in [-0.2, -0.15) is 5.26 Å². The van der Waals surface area contributed by atoms with Crippen LogP contribution in [0.3, 0.4) is 0 Å². The molecule has 0 aliphatic heterocycles. The van der Waals surface area contributed by atoms with Crippen molar-refractivity contribution >= 4 is 29.0 Å². The summed E-state index contributed by atoms with van der Waals surface area (Å²) in [5.74, 6) is -0.173. The molecule has 2 rings (SSSR count). The van der Waals surface area contributed by atoms with Crippen LogP contribution in [0.15, 0.2) is 48.7 Å². The van der Waals surface area contributed by atoms with Crippen LogP contribution in [-0.2, 0) is 4.79 Å². The number of hydrogen-bond donors (Lipinski definition) is 0. The Morgan fingerprint density at radius 1 is 1.33 bits per heavy atom. The Bertz CT molecular complexity index is 756. The van der Waals surface area contributed by atoms with E-state index in [1.165, 1.54) is 6.92 Å². The number of aromatic nitrogens is 1. The topological polar surface area (TPSA) is 45.8 Å². The van der Waals surface area contributed by atoms with Gasteiger partial charge in [-0.25, -0.2) is 0 Å². The van der Waals surface area contributed by atoms with E-state index in [0.29, 0.717) is 26.9 Å². The van der Waals surface area contributed by atoms with Crippen molar-refractivity contribution in [2.24, 2.45) is 0 Å². The van der Waals surface area contributed by atoms with Crippen molar-refractivity contribution in [3.8, 4) is 6.07 Å². The van der Waals surface area contributed by atoms with Crippen LogP contribution in [0.5, 0.6) is 0 Å². The summed E-state index contributed by atoms with van der Waals surface area (Å²) in [5.41, 5.74) is 1.39. The largest absolute Gasteiger partial charge is 0.328 e. The third-order valence-corrected chi connectivity index (χ3v) is 4.06. The Kier molecular flexibility index (Phi) is 4.52. The van der Waals surface area contributed by atoms with Crippen molar-refractivity contribution in [3.63, 3.8) is 0 Å². The van der Waals surface area contributed by atoms with Crippen LogP contribution in [0, 0.1) is 11.3 Å². The van der Waals surface area contributed by atoms with E-state index in [1.807, 2.05) is 0 Å². The minimum atomic E-state index is -0.557. The first-order valence-corrected chi connectivity index (χ1v) is 6.93. The van der Waals surface area contributed by atoms with Crippen molar-refractivity contribution in [2.45, 2.75) is 13.0 Å². The molecule has 0 saturated heterocycles. The quantitative estimate of drug-likeness (QED) is 0.784. The minimum absolute atomic E-state index is 0.173. The summed E-state index contributed by atoms with van der Waals surface area (Å²) in [4.78, 5) is 11.8. The summed E-state index contributed by atoms with van der Waals surface area (Å²) < 4.78 is 1.67. The normalized spacial score (nSPS) is 11.7. The molecule has 0 fully saturated rings. The van der Waals surface area contributed by atoms with E-state index in [9.17, 15) is 10.1 Å². The lowest BCUT2D eigenvalue weighted by atomic mass is 9.96. The highest BCUT2D eigenvalue weighted by atomic mass is 35.5. The molecular weight excluding hydrogens is 307 g/mol. The van der Waals surface area contributed by atoms with E-state index in [0.717, 1.165) is 0 Å². The highest BCUT2D eigenvalue weighted by Crippen LogP contribution is 2.36. The average molecular weight is 319 g/mol. The van der Waals surface area contributed by atoms with Gasteiger partial charge in [0.05, 0.1) is 16.1 Å². The van der Waals surface area contributed by atoms with E-state index >= 15 is 0 Å². The van der Waals surface area contributed by atoms with Crippen molar-refractivity contribution < 1.29 is 4.79 Å². The summed E-state index contributed by atoms with van der Waals surface area (Å²) >= 11 is 12.3. The lowest BCUT2D eigenvalue weighted by Crippen LogP contribution is -2.18. The summed E-state index contributed by atoms with van der Waals surface area (Å²) in [5, 5.41) is 9.94. The van der Waals surface area contributed by atoms with Gasteiger partial charge in [0.1, 0.15) is 11.8 Å². The fourth-order valence-electron chi connectivity index (χ4n) is 2.14. The molecule has 0 saturated carbocycles. The van der Waals surface area contributed by atoms with Crippen molar-refractivity contribution in [3.05, 3.63) is 70.0 Å². The molecule has 0 unspecified atom stereocenters. The molecule has 1 aromatic heterocycles. The number of halogens is 2. The Balaban J connectivity index is 2.68. The number of Topliss-reactive ketones (excluding diaryl/α,β-unsaturated/α-hetero) is 1. The minimum Gasteiger partial charge on any atom is -0.328 e. The van der Waals surface area contributed by atoms with E-state index < -0.39 is 6.04 Å². The molecule has 0 radical (unpaired) electrons. The summed E-state index contributed by atoms with van der Waals surface area (Å²) in [6, 6.07) is 10.1. The number of ketones is 1. The zero-order chi connectivity index (χ0) is 15.6. The predicted molar refractivity (Wildman–Crippen MR) is 83.6 cm³/mol. The van der Waals surface area contributed by atoms with Gasteiger partial charge in [0.25, 0.3) is 0 Å². The van der Waals surface area contributed by atoms with Gasteiger partial charge in [-0.1, -0.05) is 41.9 Å². The van der Waals surface area contributed by atoms with Crippen molar-refractivity contribution in [1.82, 2.24) is 4.57 Å². The number of nitrogens with zero attached hydrogens (tertiary/aromatic N) is 2. The number of benzene rings is 1. The molecule has 21 heavy (non-hydrogen) atoms. The van der Waals surface area contributed by atoms with E-state index in [-0.39, 0.29) is 5.78 Å². The van der Waals surface area contributed by atoms with Gasteiger partial charge in [0.2, 0.25) is 0 Å². The third-order valence-electron chi connectivity index (χ3n) is 3.23. The lowest BCUT2D eigenvalue weighted by molar-refractivity contribution is -0.113. The van der Waals surface area contributed by atoms with Gasteiger partial charge >= 0.3 is 0 Å². The molecule has 0 N–H and O–H groups in total. The predicted octanol–water partition coefficient (Wildman–Crippen LogP) is 4.40. The first kappa shape index (κ1) is 15.4. The van der Waals surface area contributed by atoms with Crippen LogP contribution in [0.2, 0.25) is 10.0 Å². The van der Waals surface area contributed by atoms with Gasteiger partial charge in [0, 0.05) is 11.8 Å². The van der Waals surface area contributed by atoms with Crippen LogP contribution in [0.4, 0.5) is 0 Å². The Hall–Kier alpha value is -2.02. The van der Waals surface area contributed by atoms with E-state index in [2.05, 4.69) is 12.6 Å². The second-order valence-corrected chi connectivity index (χ2v) is 5.32. The maximum Gasteiger partial charge on any atom is 0.157 e. The molecule has 2 aromatic rings. The number of hydrogen-bond acceptors (Lipinski definition) is 2. The molecule has 0 amide bonds. The van der Waals surface area contributed by atoms with Gasteiger partial charge in [-0.05, 0) is 30.7 Å². The average Bonchev–Trinajstić information content (AvgIpc) is 2.91. The van der Waals surface area contributed by atoms with Crippen LogP contribution in [0.25, 0.3) is 0 Å². The fourth-order valence-corrected chi connectivity index (χ4v) is 2.55. The Labute approximate surface area is 133 Å². The van der Waals surface area contributed by atoms with Gasteiger partial charge in [-0.15, -0.1) is 0 Å². The number of carbonyl (C=O) groups is 1. The molecule has 5 heteroatoms. The molecule has 0 bridgehead atoms. The monoisotopic (exact) mass is 318 g/mol. The fraction of sp³-hybridized carbons (Fsp3) is 0.125. The number of allylic oxidation sites excluding steroid dienone is 1. The molecule has 1 heterocycles. The van der Waals surface area contributed by atoms with Gasteiger partial charge < -0.3 is 4.57 Å². The first-order valence-electron chi connectivity index (χ1n) is 6.18. The van der Waals surface area contributed by atoms with E-state index in [1.54, 1.807) is 41.1 Å². The Morgan fingerprint density at radius 2 is 2.05 bits per heavy atom. The maximum absolute atomic E-state index is 11.8. The molecule has 0 aliphatic carbocycles. The lowest BCUT2D eigenvalue weighted by Gasteiger charge is -2.23. The number of rotatable bonds is 4. The summed E-state index contributed by atoms with van der Waals surface area (Å²) in [6.45, 7) is 5.29. The van der Waals surface area contributed by atoms with E-state index in [4.69, 9.17) is 23.2 Å². The highest BCUT2D eigenvalue weighted by Gasteiger charge is 2.24. The van der Waals surface area contributed by atoms with Crippen LogP contribution in [-0.4, -0.2) is 10.4 Å². The number of nitriles is 1. The summed E-state index contributed by atoms with van der Waals surface area (Å²) in [7, 11) is 0. The second-order valence-electron chi connectivity index (χ2n) is 4.54. The van der Waals surface area contributed by atoms with Crippen LogP contribution >= 0.6 is 23.2 Å².